The van der Waals surface area contributed by atoms with E-state index < -0.39 is 11.7 Å². The van der Waals surface area contributed by atoms with Crippen molar-refractivity contribution in [3.63, 3.8) is 0 Å². The SMILES string of the molecule is Cc1cc(F)c(C(=O)Nc2cccc3c2OCC2(CC2)n2ncnc2-3)cc1-n1cnc(C2CC2)c1. The Morgan fingerprint density at radius 1 is 1.23 bits per heavy atom. The lowest BCUT2D eigenvalue weighted by molar-refractivity contribution is 0.102. The molecule has 1 amide bonds. The number of nitrogens with one attached hydrogen (secondary N) is 1. The molecule has 0 unspecified atom stereocenters. The third kappa shape index (κ3) is 3.25. The molecule has 2 fully saturated rings. The molecule has 2 aromatic heterocycles. The Morgan fingerprint density at radius 2 is 2.09 bits per heavy atom. The fraction of sp³-hybridized carbons (Fsp3) is 0.308. The lowest BCUT2D eigenvalue weighted by Gasteiger charge is -2.16. The Labute approximate surface area is 200 Å². The number of imidazole rings is 1. The molecule has 0 saturated heterocycles. The largest absolute Gasteiger partial charge is 0.488 e. The predicted octanol–water partition coefficient (Wildman–Crippen LogP) is 4.59. The second-order valence-electron chi connectivity index (χ2n) is 9.74. The Kier molecular flexibility index (Phi) is 4.22. The van der Waals surface area contributed by atoms with Crippen molar-refractivity contribution in [2.24, 2.45) is 0 Å². The Balaban J connectivity index is 1.23. The molecular weight excluding hydrogens is 447 g/mol. The average Bonchev–Trinajstić information content (AvgIpc) is 3.76. The van der Waals surface area contributed by atoms with Gasteiger partial charge in [0.15, 0.2) is 11.6 Å². The summed E-state index contributed by atoms with van der Waals surface area (Å²) in [4.78, 5) is 22.2. The molecule has 7 rings (SSSR count). The molecule has 1 N–H and O–H groups in total. The monoisotopic (exact) mass is 470 g/mol. The quantitative estimate of drug-likeness (QED) is 0.472. The number of amides is 1. The second-order valence-corrected chi connectivity index (χ2v) is 9.74. The van der Waals surface area contributed by atoms with Crippen LogP contribution in [0.1, 0.15) is 53.2 Å². The summed E-state index contributed by atoms with van der Waals surface area (Å²) in [6.07, 6.45) is 9.46. The van der Waals surface area contributed by atoms with E-state index in [9.17, 15) is 9.18 Å². The van der Waals surface area contributed by atoms with E-state index >= 15 is 0 Å². The highest BCUT2D eigenvalue weighted by atomic mass is 19.1. The highest BCUT2D eigenvalue weighted by Crippen LogP contribution is 2.50. The summed E-state index contributed by atoms with van der Waals surface area (Å²) in [6, 6.07) is 8.45. The number of carbonyl (C=O) groups is 1. The fourth-order valence-electron chi connectivity index (χ4n) is 4.87. The van der Waals surface area contributed by atoms with Crippen molar-refractivity contribution < 1.29 is 13.9 Å². The maximum atomic E-state index is 15.0. The van der Waals surface area contributed by atoms with E-state index in [1.165, 1.54) is 6.07 Å². The summed E-state index contributed by atoms with van der Waals surface area (Å²) in [6.45, 7) is 2.27. The van der Waals surface area contributed by atoms with Gasteiger partial charge in [-0.05, 0) is 62.4 Å². The third-order valence-electron chi connectivity index (χ3n) is 7.22. The number of halogens is 1. The van der Waals surface area contributed by atoms with E-state index in [-0.39, 0.29) is 11.1 Å². The van der Waals surface area contributed by atoms with E-state index in [1.54, 1.807) is 24.8 Å². The van der Waals surface area contributed by atoms with Crippen LogP contribution in [-0.4, -0.2) is 36.8 Å². The fourth-order valence-corrected chi connectivity index (χ4v) is 4.87. The first kappa shape index (κ1) is 20.4. The first-order chi connectivity index (χ1) is 17.0. The number of hydrogen-bond donors (Lipinski definition) is 1. The van der Waals surface area contributed by atoms with Crippen molar-refractivity contribution in [3.8, 4) is 22.8 Å². The molecule has 3 heterocycles. The van der Waals surface area contributed by atoms with Crippen molar-refractivity contribution in [1.29, 1.82) is 0 Å². The van der Waals surface area contributed by atoms with E-state index in [4.69, 9.17) is 4.74 Å². The van der Waals surface area contributed by atoms with Crippen LogP contribution in [0.3, 0.4) is 0 Å². The minimum absolute atomic E-state index is 0.0414. The molecule has 1 aliphatic heterocycles. The van der Waals surface area contributed by atoms with E-state index in [1.807, 2.05) is 34.5 Å². The first-order valence-electron chi connectivity index (χ1n) is 11.8. The van der Waals surface area contributed by atoms with Gasteiger partial charge >= 0.3 is 0 Å². The molecule has 9 heteroatoms. The number of fused-ring (bicyclic) bond motifs is 4. The van der Waals surface area contributed by atoms with Gasteiger partial charge < -0.3 is 14.6 Å². The summed E-state index contributed by atoms with van der Waals surface area (Å²) in [7, 11) is 0. The van der Waals surface area contributed by atoms with Gasteiger partial charge in [0, 0.05) is 12.1 Å². The molecule has 0 atom stereocenters. The van der Waals surface area contributed by atoms with Crippen LogP contribution in [0.4, 0.5) is 10.1 Å². The van der Waals surface area contributed by atoms with Gasteiger partial charge in [-0.3, -0.25) is 4.79 Å². The molecule has 2 aliphatic carbocycles. The van der Waals surface area contributed by atoms with Crippen LogP contribution >= 0.6 is 0 Å². The summed E-state index contributed by atoms with van der Waals surface area (Å²) in [5, 5.41) is 7.30. The van der Waals surface area contributed by atoms with Gasteiger partial charge in [-0.25, -0.2) is 19.0 Å². The van der Waals surface area contributed by atoms with Crippen LogP contribution in [0, 0.1) is 12.7 Å². The third-order valence-corrected chi connectivity index (χ3v) is 7.22. The number of benzene rings is 2. The maximum absolute atomic E-state index is 15.0. The average molecular weight is 471 g/mol. The minimum Gasteiger partial charge on any atom is -0.488 e. The van der Waals surface area contributed by atoms with Gasteiger partial charge in [0.1, 0.15) is 18.8 Å². The van der Waals surface area contributed by atoms with Crippen LogP contribution < -0.4 is 10.1 Å². The van der Waals surface area contributed by atoms with Crippen LogP contribution in [-0.2, 0) is 5.54 Å². The maximum Gasteiger partial charge on any atom is 0.258 e. The van der Waals surface area contributed by atoms with Crippen molar-refractivity contribution in [2.45, 2.75) is 44.1 Å². The molecule has 35 heavy (non-hydrogen) atoms. The number of aromatic nitrogens is 5. The van der Waals surface area contributed by atoms with Gasteiger partial charge in [-0.15, -0.1) is 0 Å². The lowest BCUT2D eigenvalue weighted by atomic mass is 10.1. The number of carbonyl (C=O) groups excluding carboxylic acids is 1. The normalized spacial score (nSPS) is 17.3. The first-order valence-corrected chi connectivity index (χ1v) is 11.8. The van der Waals surface area contributed by atoms with Crippen LogP contribution in [0.25, 0.3) is 17.1 Å². The molecule has 2 saturated carbocycles. The molecule has 0 radical (unpaired) electrons. The van der Waals surface area contributed by atoms with E-state index in [0.717, 1.165) is 48.2 Å². The Morgan fingerprint density at radius 3 is 2.89 bits per heavy atom. The van der Waals surface area contributed by atoms with Crippen LogP contribution in [0.2, 0.25) is 0 Å². The molecule has 1 spiro atoms. The number of ether oxygens (including phenoxy) is 1. The molecule has 3 aliphatic rings. The molecule has 2 aromatic carbocycles. The zero-order valence-electron chi connectivity index (χ0n) is 19.2. The highest BCUT2D eigenvalue weighted by Gasteiger charge is 2.50. The molecular formula is C26H23FN6O2. The zero-order chi connectivity index (χ0) is 23.7. The van der Waals surface area contributed by atoms with Crippen molar-refractivity contribution in [1.82, 2.24) is 24.3 Å². The van der Waals surface area contributed by atoms with Crippen molar-refractivity contribution >= 4 is 11.6 Å². The van der Waals surface area contributed by atoms with Crippen LogP contribution in [0.5, 0.6) is 5.75 Å². The Bertz CT molecular complexity index is 1500. The van der Waals surface area contributed by atoms with Crippen molar-refractivity contribution in [3.05, 3.63) is 71.8 Å². The minimum atomic E-state index is -0.578. The summed E-state index contributed by atoms with van der Waals surface area (Å²) < 4.78 is 24.9. The Hall–Kier alpha value is -4.01. The highest BCUT2D eigenvalue weighted by molar-refractivity contribution is 6.06. The number of aryl methyl sites for hydroxylation is 1. The number of anilines is 1. The molecule has 8 nitrogen and oxygen atoms in total. The van der Waals surface area contributed by atoms with Gasteiger partial charge in [-0.2, -0.15) is 5.10 Å². The molecule has 4 aromatic rings. The topological polar surface area (TPSA) is 86.9 Å². The van der Waals surface area contributed by atoms with E-state index in [2.05, 4.69) is 20.4 Å². The number of rotatable bonds is 4. The van der Waals surface area contributed by atoms with Gasteiger partial charge in [0.25, 0.3) is 5.91 Å². The number of nitrogens with zero attached hydrogens (tertiary/aromatic N) is 5. The van der Waals surface area contributed by atoms with Crippen LogP contribution in [0.15, 0.2) is 49.2 Å². The summed E-state index contributed by atoms with van der Waals surface area (Å²) in [5.74, 6) is 0.617. The smallest absolute Gasteiger partial charge is 0.258 e. The predicted molar refractivity (Wildman–Crippen MR) is 126 cm³/mol. The molecule has 176 valence electrons. The van der Waals surface area contributed by atoms with Gasteiger partial charge in [0.05, 0.1) is 40.1 Å². The standard InChI is InChI=1S/C26H23FN6O2/c1-15-9-19(27)18(10-22(15)32-11-21(29-14-32)16-5-6-16)25(34)31-20-4-2-3-17-23(20)35-12-26(7-8-26)33-24(17)28-13-30-33/h2-4,9-11,13-14,16H,5-8,12H2,1H3,(H,31,34). The van der Waals surface area contributed by atoms with Gasteiger partial charge in [0.2, 0.25) is 0 Å². The molecule has 0 bridgehead atoms. The second kappa shape index (κ2) is 7.24. The number of para-hydroxylation sites is 1. The van der Waals surface area contributed by atoms with E-state index in [0.29, 0.717) is 29.8 Å². The van der Waals surface area contributed by atoms with Crippen molar-refractivity contribution in [2.75, 3.05) is 11.9 Å². The lowest BCUT2D eigenvalue weighted by Crippen LogP contribution is -2.25. The summed E-state index contributed by atoms with van der Waals surface area (Å²) in [5.41, 5.74) is 3.48. The number of hydrogen-bond acceptors (Lipinski definition) is 5. The van der Waals surface area contributed by atoms with Gasteiger partial charge in [-0.1, -0.05) is 6.07 Å². The zero-order valence-corrected chi connectivity index (χ0v) is 19.2. The summed E-state index contributed by atoms with van der Waals surface area (Å²) >= 11 is 0.